The lowest BCUT2D eigenvalue weighted by molar-refractivity contribution is 0.262. The van der Waals surface area contributed by atoms with Gasteiger partial charge >= 0.3 is 6.03 Å². The molecular formula is C15H13N5O3S2. The van der Waals surface area contributed by atoms with Gasteiger partial charge in [0.05, 0.1) is 4.90 Å². The molecule has 0 bridgehead atoms. The third-order valence-corrected chi connectivity index (χ3v) is 4.92. The largest absolute Gasteiger partial charge is 0.325 e. The van der Waals surface area contributed by atoms with Crippen LogP contribution in [0.5, 0.6) is 0 Å². The van der Waals surface area contributed by atoms with Crippen LogP contribution in [0.15, 0.2) is 59.5 Å². The second kappa shape index (κ2) is 6.97. The Bertz CT molecular complexity index is 986. The van der Waals surface area contributed by atoms with E-state index in [1.54, 1.807) is 0 Å². The van der Waals surface area contributed by atoms with Gasteiger partial charge in [-0.2, -0.15) is 0 Å². The number of anilines is 2. The molecule has 0 saturated heterocycles. The van der Waals surface area contributed by atoms with Crippen LogP contribution in [0.1, 0.15) is 0 Å². The van der Waals surface area contributed by atoms with Crippen LogP contribution in [0.25, 0.3) is 10.6 Å². The van der Waals surface area contributed by atoms with Gasteiger partial charge in [0.15, 0.2) is 0 Å². The molecule has 0 saturated carbocycles. The lowest BCUT2D eigenvalue weighted by Crippen LogP contribution is -2.19. The van der Waals surface area contributed by atoms with Gasteiger partial charge in [0, 0.05) is 11.3 Å². The average Bonchev–Trinajstić information content (AvgIpc) is 3.03. The predicted molar refractivity (Wildman–Crippen MR) is 95.8 cm³/mol. The first-order valence-electron chi connectivity index (χ1n) is 7.01. The molecule has 0 aliphatic carbocycles. The van der Waals surface area contributed by atoms with Crippen LogP contribution in [-0.4, -0.2) is 24.6 Å². The fourth-order valence-corrected chi connectivity index (χ4v) is 3.22. The molecule has 1 aromatic heterocycles. The normalized spacial score (nSPS) is 11.1. The molecule has 25 heavy (non-hydrogen) atoms. The highest BCUT2D eigenvalue weighted by atomic mass is 32.2. The topological polar surface area (TPSA) is 127 Å². The zero-order chi connectivity index (χ0) is 17.9. The highest BCUT2D eigenvalue weighted by molar-refractivity contribution is 7.89. The van der Waals surface area contributed by atoms with Crippen molar-refractivity contribution < 1.29 is 13.2 Å². The van der Waals surface area contributed by atoms with E-state index >= 15 is 0 Å². The maximum Gasteiger partial charge on any atom is 0.325 e. The van der Waals surface area contributed by atoms with E-state index in [4.69, 9.17) is 5.14 Å². The highest BCUT2D eigenvalue weighted by Gasteiger charge is 2.11. The zero-order valence-corrected chi connectivity index (χ0v) is 14.3. The summed E-state index contributed by atoms with van der Waals surface area (Å²) in [5.74, 6) is 0. The Hall–Kier alpha value is -2.82. The standard InChI is InChI=1S/C15H13N5O3S2/c16-25(22,23)12-8-6-11(7-9-12)17-14(21)18-15-20-19-13(24-15)10-4-2-1-3-5-10/h1-9H,(H2,16,22,23)(H2,17,18,20,21). The van der Waals surface area contributed by atoms with Crippen LogP contribution in [0.4, 0.5) is 15.6 Å². The number of primary sulfonamides is 1. The number of carbonyl (C=O) groups is 1. The Morgan fingerprint density at radius 2 is 1.64 bits per heavy atom. The number of hydrogen-bond acceptors (Lipinski definition) is 6. The quantitative estimate of drug-likeness (QED) is 0.645. The van der Waals surface area contributed by atoms with E-state index in [-0.39, 0.29) is 4.90 Å². The first-order valence-corrected chi connectivity index (χ1v) is 9.38. The molecule has 0 atom stereocenters. The van der Waals surface area contributed by atoms with Crippen LogP contribution in [0.2, 0.25) is 0 Å². The Morgan fingerprint density at radius 3 is 2.28 bits per heavy atom. The molecular weight excluding hydrogens is 362 g/mol. The molecule has 2 aromatic carbocycles. The van der Waals surface area contributed by atoms with Crippen LogP contribution < -0.4 is 15.8 Å². The second-order valence-corrected chi connectivity index (χ2v) is 7.47. The van der Waals surface area contributed by atoms with Crippen molar-refractivity contribution in [1.82, 2.24) is 10.2 Å². The number of sulfonamides is 1. The van der Waals surface area contributed by atoms with Gasteiger partial charge in [-0.1, -0.05) is 41.7 Å². The molecule has 128 valence electrons. The molecule has 0 radical (unpaired) electrons. The van der Waals surface area contributed by atoms with Gasteiger partial charge in [0.2, 0.25) is 15.2 Å². The summed E-state index contributed by atoms with van der Waals surface area (Å²) in [4.78, 5) is 12.0. The Kier molecular flexibility index (Phi) is 4.74. The van der Waals surface area contributed by atoms with Crippen LogP contribution >= 0.6 is 11.3 Å². The molecule has 0 aliphatic heterocycles. The molecule has 0 unspecified atom stereocenters. The summed E-state index contributed by atoms with van der Waals surface area (Å²) < 4.78 is 22.4. The highest BCUT2D eigenvalue weighted by Crippen LogP contribution is 2.26. The van der Waals surface area contributed by atoms with Crippen LogP contribution in [0, 0.1) is 0 Å². The number of benzene rings is 2. The minimum absolute atomic E-state index is 0.0323. The number of hydrogen-bond donors (Lipinski definition) is 3. The van der Waals surface area contributed by atoms with Crippen molar-refractivity contribution in [3.05, 3.63) is 54.6 Å². The Balaban J connectivity index is 1.64. The summed E-state index contributed by atoms with van der Waals surface area (Å²) in [6.07, 6.45) is 0. The van der Waals surface area contributed by atoms with E-state index in [2.05, 4.69) is 20.8 Å². The van der Waals surface area contributed by atoms with E-state index in [1.165, 1.54) is 35.6 Å². The molecule has 1 heterocycles. The smallest absolute Gasteiger partial charge is 0.308 e. The average molecular weight is 375 g/mol. The van der Waals surface area contributed by atoms with Crippen LogP contribution in [0.3, 0.4) is 0 Å². The van der Waals surface area contributed by atoms with Crippen molar-refractivity contribution in [2.24, 2.45) is 5.14 Å². The van der Waals surface area contributed by atoms with Gasteiger partial charge in [0.25, 0.3) is 0 Å². The first-order chi connectivity index (χ1) is 11.9. The number of amides is 2. The monoisotopic (exact) mass is 375 g/mol. The van der Waals surface area contributed by atoms with Gasteiger partial charge in [-0.25, -0.2) is 18.4 Å². The van der Waals surface area contributed by atoms with E-state index in [0.29, 0.717) is 15.8 Å². The fourth-order valence-electron chi connectivity index (χ4n) is 1.96. The van der Waals surface area contributed by atoms with Crippen LogP contribution in [-0.2, 0) is 10.0 Å². The number of urea groups is 1. The maximum atomic E-state index is 12.0. The van der Waals surface area contributed by atoms with Crippen molar-refractivity contribution in [2.45, 2.75) is 4.90 Å². The van der Waals surface area contributed by atoms with E-state index in [0.717, 1.165) is 5.56 Å². The lowest BCUT2D eigenvalue weighted by Gasteiger charge is -2.05. The number of aromatic nitrogens is 2. The SMILES string of the molecule is NS(=O)(=O)c1ccc(NC(=O)Nc2nnc(-c3ccccc3)s2)cc1. The number of nitrogens with one attached hydrogen (secondary N) is 2. The Morgan fingerprint density at radius 1 is 0.960 bits per heavy atom. The second-order valence-electron chi connectivity index (χ2n) is 4.93. The van der Waals surface area contributed by atoms with Gasteiger partial charge in [0.1, 0.15) is 5.01 Å². The summed E-state index contributed by atoms with van der Waals surface area (Å²) in [5.41, 5.74) is 1.32. The van der Waals surface area contributed by atoms with Crippen molar-refractivity contribution >= 4 is 38.2 Å². The van der Waals surface area contributed by atoms with Crippen molar-refractivity contribution in [3.63, 3.8) is 0 Å². The van der Waals surface area contributed by atoms with Crippen molar-refractivity contribution in [2.75, 3.05) is 10.6 Å². The first kappa shape index (κ1) is 17.0. The summed E-state index contributed by atoms with van der Waals surface area (Å²) in [7, 11) is -3.77. The van der Waals surface area contributed by atoms with Gasteiger partial charge < -0.3 is 5.32 Å². The van der Waals surface area contributed by atoms with E-state index in [9.17, 15) is 13.2 Å². The fraction of sp³-hybridized carbons (Fsp3) is 0. The van der Waals surface area contributed by atoms with Crippen molar-refractivity contribution in [1.29, 1.82) is 0 Å². The molecule has 10 heteroatoms. The maximum absolute atomic E-state index is 12.0. The van der Waals surface area contributed by atoms with Crippen molar-refractivity contribution in [3.8, 4) is 10.6 Å². The molecule has 8 nitrogen and oxygen atoms in total. The predicted octanol–water partition coefficient (Wildman–Crippen LogP) is 2.50. The molecule has 2 amide bonds. The molecule has 0 spiro atoms. The summed E-state index contributed by atoms with van der Waals surface area (Å²) in [6, 6.07) is 14.5. The molecule has 0 aliphatic rings. The molecule has 0 fully saturated rings. The minimum atomic E-state index is -3.77. The summed E-state index contributed by atoms with van der Waals surface area (Å²) in [5, 5.41) is 19.2. The molecule has 4 N–H and O–H groups in total. The lowest BCUT2D eigenvalue weighted by atomic mass is 10.2. The van der Waals surface area contributed by atoms with Gasteiger partial charge in [-0.3, -0.25) is 5.32 Å². The van der Waals surface area contributed by atoms with Gasteiger partial charge in [-0.15, -0.1) is 10.2 Å². The number of nitrogens with two attached hydrogens (primary N) is 1. The summed E-state index contributed by atoms with van der Waals surface area (Å²) >= 11 is 1.24. The number of carbonyl (C=O) groups excluding carboxylic acids is 1. The van der Waals surface area contributed by atoms with Gasteiger partial charge in [-0.05, 0) is 24.3 Å². The molecule has 3 aromatic rings. The third-order valence-electron chi connectivity index (χ3n) is 3.11. The Labute approximate surface area is 147 Å². The number of rotatable bonds is 4. The minimum Gasteiger partial charge on any atom is -0.308 e. The zero-order valence-electron chi connectivity index (χ0n) is 12.7. The molecule has 3 rings (SSSR count). The van der Waals surface area contributed by atoms with E-state index < -0.39 is 16.1 Å². The number of nitrogens with zero attached hydrogens (tertiary/aromatic N) is 2. The third kappa shape index (κ3) is 4.38. The van der Waals surface area contributed by atoms with E-state index in [1.807, 2.05) is 30.3 Å². The summed E-state index contributed by atoms with van der Waals surface area (Å²) in [6.45, 7) is 0.